The van der Waals surface area contributed by atoms with Crippen LogP contribution in [-0.4, -0.2) is 48.2 Å². The van der Waals surface area contributed by atoms with Crippen LogP contribution in [0.25, 0.3) is 0 Å². The summed E-state index contributed by atoms with van der Waals surface area (Å²) in [6.07, 6.45) is 0. The first-order chi connectivity index (χ1) is 6.45. The van der Waals surface area contributed by atoms with Crippen molar-refractivity contribution in [3.05, 3.63) is 0 Å². The molecule has 0 saturated carbocycles. The van der Waals surface area contributed by atoms with Gasteiger partial charge in [0, 0.05) is 27.0 Å². The fourth-order valence-corrected chi connectivity index (χ4v) is 12.3. The van der Waals surface area contributed by atoms with Crippen LogP contribution in [-0.2, 0) is 17.4 Å². The molecule has 0 aliphatic heterocycles. The van der Waals surface area contributed by atoms with Crippen molar-refractivity contribution in [2.24, 2.45) is 0 Å². The molecule has 0 radical (unpaired) electrons. The van der Waals surface area contributed by atoms with Crippen molar-refractivity contribution in [1.82, 2.24) is 0 Å². The number of rotatable bonds is 7. The van der Waals surface area contributed by atoms with Crippen molar-refractivity contribution in [2.75, 3.05) is 21.3 Å². The van der Waals surface area contributed by atoms with Gasteiger partial charge in [-0.15, -0.1) is 0 Å². The van der Waals surface area contributed by atoms with Gasteiger partial charge in [-0.3, -0.25) is 0 Å². The van der Waals surface area contributed by atoms with Crippen LogP contribution in [0.5, 0.6) is 0 Å². The lowest BCUT2D eigenvalue weighted by Crippen LogP contribution is -2.51. The van der Waals surface area contributed by atoms with Gasteiger partial charge in [0.1, 0.15) is 9.76 Å². The zero-order chi connectivity index (χ0) is 11.2. The molecule has 0 aliphatic carbocycles. The van der Waals surface area contributed by atoms with Crippen LogP contribution in [0, 0.1) is 0 Å². The molecule has 7 heteroatoms. The molecule has 0 aliphatic rings. The van der Waals surface area contributed by atoms with Gasteiger partial charge in [-0.25, -0.2) is 0 Å². The molecule has 86 valence electrons. The Morgan fingerprint density at radius 1 is 1.00 bits per heavy atom. The fraction of sp³-hybridized carbons (Fsp3) is 1.00. The monoisotopic (exact) mass is 254 g/mol. The van der Waals surface area contributed by atoms with E-state index in [1.165, 1.54) is 0 Å². The lowest BCUT2D eigenvalue weighted by molar-refractivity contribution is 0.128. The summed E-state index contributed by atoms with van der Waals surface area (Å²) in [6.45, 7) is 6.51. The first-order valence-corrected chi connectivity index (χ1v) is 11.8. The third-order valence-electron chi connectivity index (χ3n) is 2.11. The summed E-state index contributed by atoms with van der Waals surface area (Å²) in [4.78, 5) is 0. The Bertz CT molecular complexity index is 153. The third kappa shape index (κ3) is 4.34. The highest BCUT2D eigenvalue weighted by Gasteiger charge is 2.45. The molecule has 0 aromatic rings. The van der Waals surface area contributed by atoms with Gasteiger partial charge in [-0.05, 0) is 13.1 Å². The van der Waals surface area contributed by atoms with E-state index in [4.69, 9.17) is 17.4 Å². The second-order valence-corrected chi connectivity index (χ2v) is 12.9. The molecule has 0 spiro atoms. The van der Waals surface area contributed by atoms with E-state index in [-0.39, 0.29) is 9.76 Å². The molecule has 0 N–H and O–H groups in total. The summed E-state index contributed by atoms with van der Waals surface area (Å²) < 4.78 is 22.0. The summed E-state index contributed by atoms with van der Waals surface area (Å²) in [5, 5.41) is 0. The SMILES string of the molecule is CO[Si](C[Si](C)(C)O[SiH2]C)(OC)OC. The van der Waals surface area contributed by atoms with Crippen molar-refractivity contribution in [2.45, 2.75) is 25.3 Å². The van der Waals surface area contributed by atoms with Crippen LogP contribution in [0.1, 0.15) is 0 Å². The summed E-state index contributed by atoms with van der Waals surface area (Å²) in [5.74, 6) is 0. The molecule has 0 aromatic heterocycles. The normalized spacial score (nSPS) is 14.1. The van der Waals surface area contributed by atoms with Gasteiger partial charge in [-0.1, -0.05) is 6.55 Å². The Hall–Kier alpha value is 0.491. The topological polar surface area (TPSA) is 36.9 Å². The van der Waals surface area contributed by atoms with Crippen LogP contribution in [0.3, 0.4) is 0 Å². The Morgan fingerprint density at radius 3 is 1.71 bits per heavy atom. The Balaban J connectivity index is 4.41. The molecule has 0 bridgehead atoms. The second-order valence-electron chi connectivity index (χ2n) is 3.66. The first-order valence-electron chi connectivity index (χ1n) is 4.74. The highest BCUT2D eigenvalue weighted by atomic mass is 28.4. The van der Waals surface area contributed by atoms with Crippen LogP contribution in [0.15, 0.2) is 0 Å². The molecule has 0 heterocycles. The van der Waals surface area contributed by atoms with E-state index in [2.05, 4.69) is 19.6 Å². The maximum Gasteiger partial charge on any atom is 0.499 e. The molecular formula is C7H22O4Si3. The number of hydrogen-bond donors (Lipinski definition) is 0. The lowest BCUT2D eigenvalue weighted by atomic mass is 11.8. The summed E-state index contributed by atoms with van der Waals surface area (Å²) in [7, 11) is 0.489. The molecular weight excluding hydrogens is 232 g/mol. The average Bonchev–Trinajstić information content (AvgIpc) is 2.14. The highest BCUT2D eigenvalue weighted by Crippen LogP contribution is 2.22. The molecule has 0 amide bonds. The van der Waals surface area contributed by atoms with Crippen LogP contribution in [0.2, 0.25) is 25.3 Å². The van der Waals surface area contributed by atoms with E-state index in [0.717, 1.165) is 5.67 Å². The fourth-order valence-electron chi connectivity index (χ4n) is 1.43. The van der Waals surface area contributed by atoms with Crippen LogP contribution < -0.4 is 0 Å². The van der Waals surface area contributed by atoms with Crippen molar-refractivity contribution in [1.29, 1.82) is 0 Å². The predicted molar refractivity (Wildman–Crippen MR) is 64.6 cm³/mol. The molecule has 0 saturated heterocycles. The molecule has 0 unspecified atom stereocenters. The van der Waals surface area contributed by atoms with Crippen LogP contribution >= 0.6 is 0 Å². The van der Waals surface area contributed by atoms with E-state index < -0.39 is 17.1 Å². The van der Waals surface area contributed by atoms with E-state index >= 15 is 0 Å². The minimum Gasteiger partial charge on any atom is -0.461 e. The zero-order valence-electron chi connectivity index (χ0n) is 10.0. The minimum atomic E-state index is -2.43. The molecule has 0 fully saturated rings. The summed E-state index contributed by atoms with van der Waals surface area (Å²) in [6, 6.07) is 0. The standard InChI is InChI=1S/C7H22O4Si3/c1-8-14(9-2,10-3)7-13(5,6)11-12-4/h7,12H2,1-6H3. The highest BCUT2D eigenvalue weighted by molar-refractivity contribution is 6.87. The van der Waals surface area contributed by atoms with E-state index in [0.29, 0.717) is 0 Å². The smallest absolute Gasteiger partial charge is 0.461 e. The van der Waals surface area contributed by atoms with Gasteiger partial charge in [0.2, 0.25) is 0 Å². The molecule has 0 atom stereocenters. The van der Waals surface area contributed by atoms with Gasteiger partial charge < -0.3 is 17.4 Å². The first kappa shape index (κ1) is 14.5. The second kappa shape index (κ2) is 6.16. The van der Waals surface area contributed by atoms with Crippen molar-refractivity contribution in [3.63, 3.8) is 0 Å². The van der Waals surface area contributed by atoms with Gasteiger partial charge in [0.25, 0.3) is 0 Å². The van der Waals surface area contributed by atoms with E-state index in [1.807, 2.05) is 0 Å². The Labute approximate surface area is 91.3 Å². The Kier molecular flexibility index (Phi) is 6.37. The van der Waals surface area contributed by atoms with Gasteiger partial charge >= 0.3 is 8.80 Å². The molecule has 14 heavy (non-hydrogen) atoms. The van der Waals surface area contributed by atoms with Crippen molar-refractivity contribution in [3.8, 4) is 0 Å². The van der Waals surface area contributed by atoms with Gasteiger partial charge in [0.05, 0.1) is 0 Å². The van der Waals surface area contributed by atoms with Crippen LogP contribution in [0.4, 0.5) is 0 Å². The van der Waals surface area contributed by atoms with Crippen molar-refractivity contribution >= 4 is 26.9 Å². The predicted octanol–water partition coefficient (Wildman–Crippen LogP) is 0.757. The number of hydrogen-bond acceptors (Lipinski definition) is 4. The zero-order valence-corrected chi connectivity index (χ0v) is 13.5. The van der Waals surface area contributed by atoms with E-state index in [1.54, 1.807) is 21.3 Å². The molecule has 0 aromatic carbocycles. The lowest BCUT2D eigenvalue weighted by Gasteiger charge is -2.31. The van der Waals surface area contributed by atoms with Gasteiger partial charge in [0.15, 0.2) is 8.32 Å². The largest absolute Gasteiger partial charge is 0.499 e. The summed E-state index contributed by atoms with van der Waals surface area (Å²) in [5.41, 5.74) is 0.824. The van der Waals surface area contributed by atoms with Gasteiger partial charge in [-0.2, -0.15) is 0 Å². The van der Waals surface area contributed by atoms with Crippen molar-refractivity contribution < 1.29 is 17.4 Å². The summed E-state index contributed by atoms with van der Waals surface area (Å²) >= 11 is 0. The quantitative estimate of drug-likeness (QED) is 0.629. The Morgan fingerprint density at radius 2 is 1.43 bits per heavy atom. The maximum absolute atomic E-state index is 5.86. The minimum absolute atomic E-state index is 0.365. The third-order valence-corrected chi connectivity index (χ3v) is 13.4. The molecule has 0 rings (SSSR count). The maximum atomic E-state index is 5.86. The molecule has 4 nitrogen and oxygen atoms in total. The van der Waals surface area contributed by atoms with E-state index in [9.17, 15) is 0 Å². The average molecular weight is 255 g/mol.